The summed E-state index contributed by atoms with van der Waals surface area (Å²) >= 11 is 0. The third-order valence-corrected chi connectivity index (χ3v) is 4.05. The lowest BCUT2D eigenvalue weighted by Crippen LogP contribution is -2.38. The van der Waals surface area contributed by atoms with Gasteiger partial charge in [0.1, 0.15) is 5.82 Å². The Bertz CT molecular complexity index is 374. The van der Waals surface area contributed by atoms with E-state index in [1.165, 1.54) is 37.7 Å². The maximum atomic E-state index is 9.29. The highest BCUT2D eigenvalue weighted by atomic mass is 16.3. The van der Waals surface area contributed by atoms with Crippen molar-refractivity contribution in [3.63, 3.8) is 0 Å². The molecule has 2 rings (SSSR count). The molecule has 1 aliphatic rings. The third-order valence-electron chi connectivity index (χ3n) is 4.05. The second kappa shape index (κ2) is 8.22. The summed E-state index contributed by atoms with van der Waals surface area (Å²) in [6, 6.07) is 4.80. The van der Waals surface area contributed by atoms with E-state index in [9.17, 15) is 5.11 Å². The van der Waals surface area contributed by atoms with Gasteiger partial charge in [0.05, 0.1) is 6.61 Å². The molecule has 0 radical (unpaired) electrons. The first-order valence-corrected chi connectivity index (χ1v) is 7.87. The quantitative estimate of drug-likeness (QED) is 0.804. The average Bonchev–Trinajstić information content (AvgIpc) is 2.50. The van der Waals surface area contributed by atoms with Crippen molar-refractivity contribution in [3.8, 4) is 0 Å². The summed E-state index contributed by atoms with van der Waals surface area (Å²) < 4.78 is 0. The fraction of sp³-hybridized carbons (Fsp3) is 0.688. The first-order valence-electron chi connectivity index (χ1n) is 7.87. The normalized spacial score (nSPS) is 16.6. The minimum Gasteiger partial charge on any atom is -0.395 e. The molecule has 0 atom stereocenters. The van der Waals surface area contributed by atoms with Crippen LogP contribution in [0, 0.1) is 0 Å². The second-order valence-electron chi connectivity index (χ2n) is 5.57. The van der Waals surface area contributed by atoms with Crippen LogP contribution >= 0.6 is 0 Å². The molecule has 0 aromatic carbocycles. The van der Waals surface area contributed by atoms with Crippen molar-refractivity contribution in [2.45, 2.75) is 51.6 Å². The van der Waals surface area contributed by atoms with Gasteiger partial charge in [-0.25, -0.2) is 4.98 Å². The highest BCUT2D eigenvalue weighted by Gasteiger charge is 2.20. The molecule has 1 aliphatic carbocycles. The zero-order valence-electron chi connectivity index (χ0n) is 12.5. The average molecular weight is 277 g/mol. The number of rotatable bonds is 7. The Kier molecular flexibility index (Phi) is 6.27. The Balaban J connectivity index is 1.95. The maximum Gasteiger partial charge on any atom is 0.125 e. The number of pyridine rings is 1. The van der Waals surface area contributed by atoms with Crippen LogP contribution in [0.5, 0.6) is 0 Å². The summed E-state index contributed by atoms with van der Waals surface area (Å²) in [5.74, 6) is 0.933. The first-order chi connectivity index (χ1) is 9.83. The van der Waals surface area contributed by atoms with Crippen LogP contribution in [0.2, 0.25) is 0 Å². The van der Waals surface area contributed by atoms with Crippen molar-refractivity contribution < 1.29 is 5.11 Å². The number of aliphatic hydroxyl groups excluding tert-OH is 1. The van der Waals surface area contributed by atoms with E-state index in [-0.39, 0.29) is 6.61 Å². The molecule has 1 aromatic rings. The molecule has 0 amide bonds. The Morgan fingerprint density at radius 3 is 2.70 bits per heavy atom. The van der Waals surface area contributed by atoms with Crippen molar-refractivity contribution in [3.05, 3.63) is 23.9 Å². The summed E-state index contributed by atoms with van der Waals surface area (Å²) in [5, 5.41) is 12.5. The summed E-state index contributed by atoms with van der Waals surface area (Å²) in [5.41, 5.74) is 1.23. The zero-order valence-corrected chi connectivity index (χ0v) is 12.5. The molecular weight excluding hydrogens is 250 g/mol. The molecule has 0 spiro atoms. The van der Waals surface area contributed by atoms with Crippen LogP contribution in [0.4, 0.5) is 5.82 Å². The van der Waals surface area contributed by atoms with Gasteiger partial charge in [0.2, 0.25) is 0 Å². The molecule has 4 heteroatoms. The van der Waals surface area contributed by atoms with Gasteiger partial charge in [-0.15, -0.1) is 0 Å². The Morgan fingerprint density at radius 1 is 1.30 bits per heavy atom. The predicted octanol–water partition coefficient (Wildman–Crippen LogP) is 2.64. The maximum absolute atomic E-state index is 9.29. The molecule has 1 fully saturated rings. The van der Waals surface area contributed by atoms with Crippen molar-refractivity contribution in [2.24, 2.45) is 0 Å². The van der Waals surface area contributed by atoms with Crippen molar-refractivity contribution in [1.29, 1.82) is 0 Å². The topological polar surface area (TPSA) is 48.4 Å². The fourth-order valence-corrected chi connectivity index (χ4v) is 3.00. The van der Waals surface area contributed by atoms with E-state index in [2.05, 4.69) is 28.2 Å². The Morgan fingerprint density at radius 2 is 2.10 bits per heavy atom. The number of anilines is 1. The monoisotopic (exact) mass is 277 g/mol. The van der Waals surface area contributed by atoms with E-state index >= 15 is 0 Å². The highest BCUT2D eigenvalue weighted by molar-refractivity contribution is 5.35. The lowest BCUT2D eigenvalue weighted by molar-refractivity contribution is 0.117. The number of aromatic nitrogens is 1. The van der Waals surface area contributed by atoms with E-state index in [1.807, 2.05) is 12.3 Å². The van der Waals surface area contributed by atoms with Crippen LogP contribution in [-0.2, 0) is 6.54 Å². The van der Waals surface area contributed by atoms with Gasteiger partial charge in [0, 0.05) is 31.9 Å². The number of nitrogens with one attached hydrogen (secondary N) is 1. The Hall–Kier alpha value is -1.13. The van der Waals surface area contributed by atoms with E-state index in [1.54, 1.807) is 0 Å². The van der Waals surface area contributed by atoms with Gasteiger partial charge < -0.3 is 10.4 Å². The van der Waals surface area contributed by atoms with Crippen LogP contribution < -0.4 is 5.32 Å². The largest absolute Gasteiger partial charge is 0.395 e. The van der Waals surface area contributed by atoms with Crippen LogP contribution in [0.3, 0.4) is 0 Å². The second-order valence-corrected chi connectivity index (χ2v) is 5.57. The zero-order chi connectivity index (χ0) is 14.2. The molecule has 0 bridgehead atoms. The number of hydrogen-bond donors (Lipinski definition) is 2. The van der Waals surface area contributed by atoms with Gasteiger partial charge in [0.25, 0.3) is 0 Å². The number of hydrogen-bond acceptors (Lipinski definition) is 4. The van der Waals surface area contributed by atoms with Crippen molar-refractivity contribution in [1.82, 2.24) is 9.88 Å². The first kappa shape index (κ1) is 15.3. The molecule has 0 saturated heterocycles. The van der Waals surface area contributed by atoms with E-state index in [0.717, 1.165) is 25.5 Å². The standard InChI is InChI=1S/C16H27N3O/c1-2-17-16-9-8-14(12-18-16)13-19(10-11-20)15-6-4-3-5-7-15/h8-9,12,15,20H,2-7,10-11,13H2,1H3,(H,17,18). The van der Waals surface area contributed by atoms with Gasteiger partial charge in [-0.1, -0.05) is 25.3 Å². The van der Waals surface area contributed by atoms with Crippen molar-refractivity contribution >= 4 is 5.82 Å². The van der Waals surface area contributed by atoms with E-state index in [4.69, 9.17) is 0 Å². The molecule has 0 unspecified atom stereocenters. The lowest BCUT2D eigenvalue weighted by atomic mass is 9.94. The number of aliphatic hydroxyl groups is 1. The molecule has 20 heavy (non-hydrogen) atoms. The van der Waals surface area contributed by atoms with Crippen molar-refractivity contribution in [2.75, 3.05) is 25.0 Å². The van der Waals surface area contributed by atoms with Gasteiger partial charge in [-0.05, 0) is 31.4 Å². The minimum absolute atomic E-state index is 0.236. The lowest BCUT2D eigenvalue weighted by Gasteiger charge is -2.34. The molecular formula is C16H27N3O. The summed E-state index contributed by atoms with van der Waals surface area (Å²) in [4.78, 5) is 6.85. The van der Waals surface area contributed by atoms with E-state index in [0.29, 0.717) is 6.04 Å². The third kappa shape index (κ3) is 4.46. The Labute approximate surface area is 122 Å². The van der Waals surface area contributed by atoms with Gasteiger partial charge >= 0.3 is 0 Å². The molecule has 0 aliphatic heterocycles. The van der Waals surface area contributed by atoms with Gasteiger partial charge in [0.15, 0.2) is 0 Å². The molecule has 1 saturated carbocycles. The summed E-state index contributed by atoms with van der Waals surface area (Å²) in [6.45, 7) is 4.86. The van der Waals surface area contributed by atoms with Crippen LogP contribution in [0.15, 0.2) is 18.3 Å². The van der Waals surface area contributed by atoms with Gasteiger partial charge in [-0.2, -0.15) is 0 Å². The number of nitrogens with zero attached hydrogens (tertiary/aromatic N) is 2. The SMILES string of the molecule is CCNc1ccc(CN(CCO)C2CCCCC2)cn1. The van der Waals surface area contributed by atoms with Gasteiger partial charge in [-0.3, -0.25) is 4.90 Å². The van der Waals surface area contributed by atoms with Crippen LogP contribution in [-0.4, -0.2) is 40.7 Å². The summed E-state index contributed by atoms with van der Waals surface area (Å²) in [6.07, 6.45) is 8.49. The molecule has 112 valence electrons. The minimum atomic E-state index is 0.236. The molecule has 2 N–H and O–H groups in total. The fourth-order valence-electron chi connectivity index (χ4n) is 3.00. The molecule has 1 aromatic heterocycles. The van der Waals surface area contributed by atoms with Crippen LogP contribution in [0.25, 0.3) is 0 Å². The van der Waals surface area contributed by atoms with Crippen LogP contribution in [0.1, 0.15) is 44.6 Å². The molecule has 1 heterocycles. The smallest absolute Gasteiger partial charge is 0.125 e. The van der Waals surface area contributed by atoms with E-state index < -0.39 is 0 Å². The molecule has 4 nitrogen and oxygen atoms in total. The highest BCUT2D eigenvalue weighted by Crippen LogP contribution is 2.23. The summed E-state index contributed by atoms with van der Waals surface area (Å²) in [7, 11) is 0. The predicted molar refractivity (Wildman–Crippen MR) is 82.8 cm³/mol.